The van der Waals surface area contributed by atoms with Gasteiger partial charge in [0.25, 0.3) is 0 Å². The molecule has 3 aromatic heterocycles. The number of nitrogens with zero attached hydrogens (tertiary/aromatic N) is 4. The van der Waals surface area contributed by atoms with Crippen LogP contribution in [0.15, 0.2) is 72.8 Å². The van der Waals surface area contributed by atoms with Crippen LogP contribution < -0.4 is 11.1 Å². The number of benzene rings is 3. The van der Waals surface area contributed by atoms with E-state index in [-0.39, 0.29) is 0 Å². The predicted octanol–water partition coefficient (Wildman–Crippen LogP) is 7.85. The average Bonchev–Trinajstić information content (AvgIpc) is 3.74. The number of rotatable bonds is 5. The molecule has 182 valence electrons. The van der Waals surface area contributed by atoms with E-state index in [4.69, 9.17) is 20.6 Å². The van der Waals surface area contributed by atoms with Crippen LogP contribution in [0.4, 0.5) is 11.4 Å². The van der Waals surface area contributed by atoms with Crippen LogP contribution in [0, 0.1) is 22.7 Å². The van der Waals surface area contributed by atoms with Crippen molar-refractivity contribution in [1.82, 2.24) is 8.75 Å². The van der Waals surface area contributed by atoms with Gasteiger partial charge in [0.15, 0.2) is 0 Å². The minimum Gasteiger partial charge on any atom is -0.396 e. The molecule has 0 atom stereocenters. The van der Waals surface area contributed by atoms with E-state index >= 15 is 0 Å². The van der Waals surface area contributed by atoms with E-state index in [0.29, 0.717) is 16.8 Å². The summed E-state index contributed by atoms with van der Waals surface area (Å²) in [6, 6.07) is 27.8. The molecule has 9 heteroatoms. The fraction of sp³-hybridized carbons (Fsp3) is 0.0345. The Kier molecular flexibility index (Phi) is 6.10. The van der Waals surface area contributed by atoms with Crippen molar-refractivity contribution in [3.05, 3.63) is 83.9 Å². The molecule has 0 radical (unpaired) electrons. The number of anilines is 2. The summed E-state index contributed by atoms with van der Waals surface area (Å²) in [5.41, 5.74) is 15.1. The summed E-state index contributed by atoms with van der Waals surface area (Å²) >= 11 is 4.47. The average molecular weight is 547 g/mol. The second-order valence-electron chi connectivity index (χ2n) is 8.46. The van der Waals surface area contributed by atoms with E-state index < -0.39 is 0 Å². The minimum atomic E-state index is 0.629. The first-order valence-electron chi connectivity index (χ1n) is 11.6. The topological polar surface area (TPSA) is 111 Å². The molecule has 0 saturated heterocycles. The number of nitriles is 2. The molecule has 0 aliphatic heterocycles. The summed E-state index contributed by atoms with van der Waals surface area (Å²) in [6.07, 6.45) is 0. The predicted molar refractivity (Wildman–Crippen MR) is 158 cm³/mol. The second kappa shape index (κ2) is 9.73. The molecule has 0 spiro atoms. The molecule has 3 heterocycles. The second-order valence-corrected chi connectivity index (χ2v) is 11.2. The largest absolute Gasteiger partial charge is 0.396 e. The summed E-state index contributed by atoms with van der Waals surface area (Å²) in [5, 5.41) is 21.5. The minimum absolute atomic E-state index is 0.629. The highest BCUT2D eigenvalue weighted by atomic mass is 32.1. The molecule has 0 unspecified atom stereocenters. The number of thiophene rings is 2. The maximum atomic E-state index is 9.11. The Morgan fingerprint density at radius 2 is 1.11 bits per heavy atom. The molecule has 0 aliphatic rings. The van der Waals surface area contributed by atoms with Crippen LogP contribution in [0.5, 0.6) is 0 Å². The van der Waals surface area contributed by atoms with Gasteiger partial charge >= 0.3 is 0 Å². The summed E-state index contributed by atoms with van der Waals surface area (Å²) in [5.74, 6) is 0. The number of aromatic nitrogens is 2. The van der Waals surface area contributed by atoms with Crippen molar-refractivity contribution >= 4 is 56.8 Å². The molecule has 6 aromatic rings. The molecule has 3 aromatic carbocycles. The summed E-state index contributed by atoms with van der Waals surface area (Å²) in [4.78, 5) is 4.22. The zero-order valence-electron chi connectivity index (χ0n) is 20.0. The molecular formula is C29H18N6S3. The number of fused-ring (bicyclic) bond motifs is 1. The Balaban J connectivity index is 1.46. The zero-order chi connectivity index (χ0) is 26.2. The number of hydrogen-bond acceptors (Lipinski definition) is 9. The lowest BCUT2D eigenvalue weighted by Gasteiger charge is -2.15. The van der Waals surface area contributed by atoms with E-state index in [1.807, 2.05) is 55.6 Å². The molecule has 6 rings (SSSR count). The summed E-state index contributed by atoms with van der Waals surface area (Å²) in [7, 11) is 1.87. The van der Waals surface area contributed by atoms with Gasteiger partial charge in [-0.1, -0.05) is 24.3 Å². The number of nitrogens with one attached hydrogen (secondary N) is 1. The fourth-order valence-electron chi connectivity index (χ4n) is 4.44. The molecule has 0 amide bonds. The highest BCUT2D eigenvalue weighted by molar-refractivity contribution is 7.19. The van der Waals surface area contributed by atoms with Crippen LogP contribution in [0.1, 0.15) is 11.1 Å². The quantitative estimate of drug-likeness (QED) is 0.213. The first-order valence-corrected chi connectivity index (χ1v) is 13.9. The smallest absolute Gasteiger partial charge is 0.116 e. The highest BCUT2D eigenvalue weighted by Crippen LogP contribution is 2.50. The van der Waals surface area contributed by atoms with Gasteiger partial charge in [-0.2, -0.15) is 19.3 Å². The maximum absolute atomic E-state index is 9.11. The van der Waals surface area contributed by atoms with Crippen LogP contribution in [-0.2, 0) is 0 Å². The lowest BCUT2D eigenvalue weighted by atomic mass is 10.0. The van der Waals surface area contributed by atoms with Gasteiger partial charge in [0.2, 0.25) is 0 Å². The Labute approximate surface area is 231 Å². The summed E-state index contributed by atoms with van der Waals surface area (Å²) in [6.45, 7) is 0. The molecule has 0 bridgehead atoms. The van der Waals surface area contributed by atoms with Crippen molar-refractivity contribution in [2.24, 2.45) is 0 Å². The maximum Gasteiger partial charge on any atom is 0.116 e. The van der Waals surface area contributed by atoms with Gasteiger partial charge in [0.1, 0.15) is 11.0 Å². The molecule has 3 N–H and O–H groups in total. The van der Waals surface area contributed by atoms with Crippen molar-refractivity contribution < 1.29 is 0 Å². The van der Waals surface area contributed by atoms with Crippen LogP contribution >= 0.6 is 34.4 Å². The van der Waals surface area contributed by atoms with E-state index in [9.17, 15) is 0 Å². The Bertz CT molecular complexity index is 1880. The van der Waals surface area contributed by atoms with Gasteiger partial charge in [-0.05, 0) is 59.7 Å². The molecule has 6 nitrogen and oxygen atoms in total. The summed E-state index contributed by atoms with van der Waals surface area (Å²) < 4.78 is 9.37. The third-order valence-corrected chi connectivity index (χ3v) is 9.13. The molecule has 0 fully saturated rings. The lowest BCUT2D eigenvalue weighted by Crippen LogP contribution is -2.01. The Morgan fingerprint density at radius 1 is 0.658 bits per heavy atom. The van der Waals surface area contributed by atoms with Crippen molar-refractivity contribution in [1.29, 1.82) is 10.5 Å². The number of nitrogens with two attached hydrogens (primary N) is 1. The number of nitrogen functional groups attached to an aromatic ring is 1. The third-order valence-electron chi connectivity index (χ3n) is 6.30. The SMILES string of the molecule is CNc1c(N)c(-c2ccc(-c3ccc(C#N)cc3)s2)c2nsnc2c1-c1ccc(-c2ccc(C#N)cc2)s1. The van der Waals surface area contributed by atoms with Crippen LogP contribution in [-0.4, -0.2) is 15.8 Å². The van der Waals surface area contributed by atoms with Gasteiger partial charge in [0, 0.05) is 37.7 Å². The Hall–Kier alpha value is -4.54. The van der Waals surface area contributed by atoms with E-state index in [1.165, 1.54) is 11.7 Å². The monoisotopic (exact) mass is 546 g/mol. The lowest BCUT2D eigenvalue weighted by molar-refractivity contribution is 1.49. The third kappa shape index (κ3) is 4.00. The van der Waals surface area contributed by atoms with Gasteiger partial charge in [0.05, 0.1) is 46.4 Å². The van der Waals surface area contributed by atoms with Crippen LogP contribution in [0.25, 0.3) is 52.8 Å². The van der Waals surface area contributed by atoms with Gasteiger partial charge < -0.3 is 11.1 Å². The van der Waals surface area contributed by atoms with E-state index in [0.717, 1.165) is 58.5 Å². The van der Waals surface area contributed by atoms with Gasteiger partial charge in [-0.15, -0.1) is 22.7 Å². The molecular weight excluding hydrogens is 529 g/mol. The first kappa shape index (κ1) is 23.8. The van der Waals surface area contributed by atoms with Crippen LogP contribution in [0.3, 0.4) is 0 Å². The Morgan fingerprint density at radius 3 is 1.58 bits per heavy atom. The van der Waals surface area contributed by atoms with Crippen molar-refractivity contribution in [2.45, 2.75) is 0 Å². The van der Waals surface area contributed by atoms with E-state index in [1.54, 1.807) is 22.7 Å². The fourth-order valence-corrected chi connectivity index (χ4v) is 7.14. The van der Waals surface area contributed by atoms with Gasteiger partial charge in [-0.3, -0.25) is 0 Å². The van der Waals surface area contributed by atoms with Crippen molar-refractivity contribution in [3.63, 3.8) is 0 Å². The molecule has 38 heavy (non-hydrogen) atoms. The van der Waals surface area contributed by atoms with Crippen molar-refractivity contribution in [3.8, 4) is 53.9 Å². The van der Waals surface area contributed by atoms with Crippen molar-refractivity contribution in [2.75, 3.05) is 18.1 Å². The molecule has 0 aliphatic carbocycles. The highest BCUT2D eigenvalue weighted by Gasteiger charge is 2.24. The standard InChI is InChI=1S/C29H18N6S3/c1-33-27-25(23-13-11-21(37-23)19-8-4-17(15-31)5-9-19)29-28(34-38-35-29)24(26(27)32)22-12-10-20(36-22)18-6-2-16(14-30)3-7-18/h2-13,33H,32H2,1H3. The van der Waals surface area contributed by atoms with Gasteiger partial charge in [-0.25, -0.2) is 0 Å². The number of hydrogen-bond donors (Lipinski definition) is 2. The van der Waals surface area contributed by atoms with Crippen LogP contribution in [0.2, 0.25) is 0 Å². The zero-order valence-corrected chi connectivity index (χ0v) is 22.5. The normalized spacial score (nSPS) is 10.8. The first-order chi connectivity index (χ1) is 18.6. The van der Waals surface area contributed by atoms with E-state index in [2.05, 4.69) is 46.1 Å². The molecule has 0 saturated carbocycles.